The second-order valence-electron chi connectivity index (χ2n) is 10.2. The van der Waals surface area contributed by atoms with E-state index in [-0.39, 0.29) is 17.3 Å². The molecule has 4 saturated carbocycles. The van der Waals surface area contributed by atoms with E-state index in [2.05, 4.69) is 5.32 Å². The Labute approximate surface area is 184 Å². The number of benzene rings is 2. The van der Waals surface area contributed by atoms with Gasteiger partial charge in [0.1, 0.15) is 0 Å². The lowest BCUT2D eigenvalue weighted by Crippen LogP contribution is -2.51. The van der Waals surface area contributed by atoms with Gasteiger partial charge in [0.2, 0.25) is 6.10 Å². The van der Waals surface area contributed by atoms with Crippen molar-refractivity contribution in [2.24, 2.45) is 23.2 Å². The minimum atomic E-state index is -0.943. The highest BCUT2D eigenvalue weighted by atomic mass is 16.5. The van der Waals surface area contributed by atoms with Crippen LogP contribution in [0.4, 0.5) is 5.69 Å². The van der Waals surface area contributed by atoms with Gasteiger partial charge in [0.15, 0.2) is 0 Å². The molecule has 1 unspecified atom stereocenters. The predicted molar refractivity (Wildman–Crippen MR) is 120 cm³/mol. The largest absolute Gasteiger partial charge is 0.447 e. The Balaban J connectivity index is 1.40. The van der Waals surface area contributed by atoms with Gasteiger partial charge < -0.3 is 10.1 Å². The van der Waals surface area contributed by atoms with Crippen LogP contribution in [0.15, 0.2) is 48.5 Å². The number of esters is 1. The Morgan fingerprint density at radius 1 is 0.935 bits per heavy atom. The van der Waals surface area contributed by atoms with Crippen LogP contribution >= 0.6 is 0 Å². The molecule has 0 radical (unpaired) electrons. The first-order valence-corrected chi connectivity index (χ1v) is 11.6. The van der Waals surface area contributed by atoms with Gasteiger partial charge in [0.25, 0.3) is 5.91 Å². The van der Waals surface area contributed by atoms with Crippen molar-refractivity contribution >= 4 is 17.6 Å². The van der Waals surface area contributed by atoms with Crippen LogP contribution in [0.3, 0.4) is 0 Å². The lowest BCUT2D eigenvalue weighted by Gasteiger charge is -2.55. The van der Waals surface area contributed by atoms with Crippen molar-refractivity contribution in [3.63, 3.8) is 0 Å². The number of carbonyl (C=O) groups is 2. The summed E-state index contributed by atoms with van der Waals surface area (Å²) in [5.74, 6) is 1.49. The lowest BCUT2D eigenvalue weighted by atomic mass is 9.49. The molecule has 1 N–H and O–H groups in total. The standard InChI is InChI=1S/C27H31NO3/c1-17-8-9-18(2)23(10-17)28-25(29)24(22-6-4-3-5-7-22)31-26(30)27-14-19-11-20(15-27)13-21(12-19)16-27/h3-10,19-21,24H,11-16H2,1-2H3,(H,28,29). The zero-order valence-corrected chi connectivity index (χ0v) is 18.4. The molecule has 0 aliphatic heterocycles. The number of carbonyl (C=O) groups excluding carboxylic acids is 2. The second kappa shape index (κ2) is 7.81. The fourth-order valence-corrected chi connectivity index (χ4v) is 6.56. The fraction of sp³-hybridized carbons (Fsp3) is 0.481. The van der Waals surface area contributed by atoms with Gasteiger partial charge in [-0.2, -0.15) is 0 Å². The number of aryl methyl sites for hydroxylation is 2. The highest BCUT2D eigenvalue weighted by Gasteiger charge is 2.56. The molecule has 0 heterocycles. The SMILES string of the molecule is Cc1ccc(C)c(NC(=O)C(OC(=O)C23CC4CC(CC(C4)C2)C3)c2ccccc2)c1. The maximum Gasteiger partial charge on any atom is 0.313 e. The molecule has 4 aliphatic carbocycles. The number of nitrogens with one attached hydrogen (secondary N) is 1. The summed E-state index contributed by atoms with van der Waals surface area (Å²) in [5, 5.41) is 3.01. The number of ether oxygens (including phenoxy) is 1. The van der Waals surface area contributed by atoms with Gasteiger partial charge in [-0.15, -0.1) is 0 Å². The van der Waals surface area contributed by atoms with Crippen molar-refractivity contribution in [1.82, 2.24) is 0 Å². The van der Waals surface area contributed by atoms with Gasteiger partial charge >= 0.3 is 5.97 Å². The third kappa shape index (κ3) is 3.88. The number of hydrogen-bond donors (Lipinski definition) is 1. The summed E-state index contributed by atoms with van der Waals surface area (Å²) >= 11 is 0. The van der Waals surface area contributed by atoms with E-state index in [4.69, 9.17) is 4.74 Å². The zero-order chi connectivity index (χ0) is 21.6. The molecule has 4 bridgehead atoms. The van der Waals surface area contributed by atoms with E-state index in [1.807, 2.05) is 62.4 Å². The molecule has 0 spiro atoms. The monoisotopic (exact) mass is 417 g/mol. The Bertz CT molecular complexity index is 962. The van der Waals surface area contributed by atoms with Gasteiger partial charge in [-0.1, -0.05) is 42.5 Å². The van der Waals surface area contributed by atoms with Crippen molar-refractivity contribution in [1.29, 1.82) is 0 Å². The summed E-state index contributed by atoms with van der Waals surface area (Å²) in [6.07, 6.45) is 5.64. The van der Waals surface area contributed by atoms with E-state index in [0.29, 0.717) is 23.3 Å². The van der Waals surface area contributed by atoms with Crippen LogP contribution in [0.2, 0.25) is 0 Å². The van der Waals surface area contributed by atoms with E-state index in [9.17, 15) is 9.59 Å². The van der Waals surface area contributed by atoms with Gasteiger partial charge in [-0.3, -0.25) is 9.59 Å². The van der Waals surface area contributed by atoms with Crippen LogP contribution < -0.4 is 5.32 Å². The minimum Gasteiger partial charge on any atom is -0.447 e. The second-order valence-corrected chi connectivity index (χ2v) is 10.2. The molecule has 0 aromatic heterocycles. The molecule has 0 saturated heterocycles. The first kappa shape index (κ1) is 20.3. The summed E-state index contributed by atoms with van der Waals surface area (Å²) in [5.41, 5.74) is 3.14. The number of anilines is 1. The summed E-state index contributed by atoms with van der Waals surface area (Å²) in [4.78, 5) is 26.9. The van der Waals surface area contributed by atoms with Gasteiger partial charge in [0.05, 0.1) is 5.41 Å². The Hall–Kier alpha value is -2.62. The molecule has 4 aliphatic rings. The maximum absolute atomic E-state index is 13.6. The first-order chi connectivity index (χ1) is 14.9. The summed E-state index contributed by atoms with van der Waals surface area (Å²) in [6.45, 7) is 3.96. The van der Waals surface area contributed by atoms with Gasteiger partial charge in [-0.25, -0.2) is 0 Å². The summed E-state index contributed by atoms with van der Waals surface area (Å²) in [7, 11) is 0. The molecule has 4 nitrogen and oxygen atoms in total. The maximum atomic E-state index is 13.6. The minimum absolute atomic E-state index is 0.170. The third-order valence-electron chi connectivity index (χ3n) is 7.69. The smallest absolute Gasteiger partial charge is 0.313 e. The van der Waals surface area contributed by atoms with Crippen molar-refractivity contribution in [3.05, 3.63) is 65.2 Å². The summed E-state index contributed by atoms with van der Waals surface area (Å²) in [6, 6.07) is 15.4. The number of rotatable bonds is 5. The van der Waals surface area contributed by atoms with E-state index >= 15 is 0 Å². The molecule has 31 heavy (non-hydrogen) atoms. The van der Waals surface area contributed by atoms with Gasteiger partial charge in [0, 0.05) is 11.3 Å². The highest BCUT2D eigenvalue weighted by Crippen LogP contribution is 2.60. The molecule has 4 heteroatoms. The molecule has 2 aromatic carbocycles. The Morgan fingerprint density at radius 3 is 2.16 bits per heavy atom. The summed E-state index contributed by atoms with van der Waals surface area (Å²) < 4.78 is 6.07. The Morgan fingerprint density at radius 2 is 1.55 bits per heavy atom. The van der Waals surface area contributed by atoms with Crippen LogP contribution in [0.5, 0.6) is 0 Å². The van der Waals surface area contributed by atoms with Crippen molar-refractivity contribution in [2.75, 3.05) is 5.32 Å². The Kier molecular flexibility index (Phi) is 5.11. The molecule has 6 rings (SSSR count). The molecule has 162 valence electrons. The fourth-order valence-electron chi connectivity index (χ4n) is 6.56. The average Bonchev–Trinajstić information content (AvgIpc) is 2.74. The van der Waals surface area contributed by atoms with Crippen LogP contribution in [-0.4, -0.2) is 11.9 Å². The highest BCUT2D eigenvalue weighted by molar-refractivity contribution is 5.97. The quantitative estimate of drug-likeness (QED) is 0.631. The predicted octanol–water partition coefficient (Wildman–Crippen LogP) is 5.74. The molecular formula is C27H31NO3. The van der Waals surface area contributed by atoms with Crippen LogP contribution in [0.1, 0.15) is 61.3 Å². The molecule has 2 aromatic rings. The van der Waals surface area contributed by atoms with E-state index in [1.54, 1.807) is 0 Å². The van der Waals surface area contributed by atoms with E-state index in [1.165, 1.54) is 19.3 Å². The number of amides is 1. The number of hydrogen-bond acceptors (Lipinski definition) is 3. The van der Waals surface area contributed by atoms with Gasteiger partial charge in [-0.05, 0) is 87.3 Å². The normalized spacial score (nSPS) is 29.4. The van der Waals surface area contributed by atoms with E-state index < -0.39 is 6.10 Å². The topological polar surface area (TPSA) is 55.4 Å². The molecule has 4 fully saturated rings. The molecule has 1 atom stereocenters. The lowest BCUT2D eigenvalue weighted by molar-refractivity contribution is -0.179. The zero-order valence-electron chi connectivity index (χ0n) is 18.4. The van der Waals surface area contributed by atoms with Crippen LogP contribution in [0.25, 0.3) is 0 Å². The van der Waals surface area contributed by atoms with E-state index in [0.717, 1.165) is 36.1 Å². The molecule has 1 amide bonds. The third-order valence-corrected chi connectivity index (χ3v) is 7.69. The van der Waals surface area contributed by atoms with Crippen molar-refractivity contribution in [2.45, 2.75) is 58.5 Å². The van der Waals surface area contributed by atoms with Crippen molar-refractivity contribution < 1.29 is 14.3 Å². The van der Waals surface area contributed by atoms with Crippen molar-refractivity contribution in [3.8, 4) is 0 Å². The first-order valence-electron chi connectivity index (χ1n) is 11.6. The average molecular weight is 418 g/mol. The van der Waals surface area contributed by atoms with Crippen LogP contribution in [0, 0.1) is 37.0 Å². The molecular weight excluding hydrogens is 386 g/mol. The van der Waals surface area contributed by atoms with Crippen LogP contribution in [-0.2, 0) is 14.3 Å².